The van der Waals surface area contributed by atoms with E-state index in [1.54, 1.807) is 42.0 Å². The molecule has 2 unspecified atom stereocenters. The SMILES string of the molecule is COc1ccc(C(=O)COc2ccc3c(c2)nc2n3C(=O)[C]3[C]2[C@@H]2C=C[C@H]3C3CC32)cc1. The predicted octanol–water partition coefficient (Wildman–Crippen LogP) is 3.91. The molecule has 6 heteroatoms. The van der Waals surface area contributed by atoms with Crippen LogP contribution in [0.4, 0.5) is 0 Å². The zero-order valence-corrected chi connectivity index (χ0v) is 17.4. The van der Waals surface area contributed by atoms with Crippen LogP contribution in [0.2, 0.25) is 0 Å². The molecule has 2 bridgehead atoms. The van der Waals surface area contributed by atoms with E-state index in [-0.39, 0.29) is 24.2 Å². The number of imidazole rings is 1. The molecule has 2 fully saturated rings. The van der Waals surface area contributed by atoms with Crippen LogP contribution in [0.1, 0.15) is 27.4 Å². The number of benzene rings is 2. The van der Waals surface area contributed by atoms with Gasteiger partial charge >= 0.3 is 0 Å². The number of allylic oxidation sites excluding steroid dienone is 2. The van der Waals surface area contributed by atoms with Gasteiger partial charge in [-0.25, -0.2) is 4.98 Å². The third-order valence-corrected chi connectivity index (χ3v) is 7.38. The summed E-state index contributed by atoms with van der Waals surface area (Å²) in [6, 6.07) is 12.4. The number of aromatic nitrogens is 2. The number of ether oxygens (including phenoxy) is 2. The molecule has 32 heavy (non-hydrogen) atoms. The maximum absolute atomic E-state index is 13.3. The van der Waals surface area contributed by atoms with E-state index in [1.807, 2.05) is 12.1 Å². The molecule has 0 saturated heterocycles. The third-order valence-electron chi connectivity index (χ3n) is 7.38. The Morgan fingerprint density at radius 2 is 1.75 bits per heavy atom. The second kappa shape index (κ2) is 6.31. The summed E-state index contributed by atoms with van der Waals surface area (Å²) < 4.78 is 12.7. The summed E-state index contributed by atoms with van der Waals surface area (Å²) in [7, 11) is 1.59. The lowest BCUT2D eigenvalue weighted by molar-refractivity contribution is 0.0917. The number of carbonyl (C=O) groups is 2. The lowest BCUT2D eigenvalue weighted by Crippen LogP contribution is -2.36. The zero-order valence-electron chi connectivity index (χ0n) is 17.4. The van der Waals surface area contributed by atoms with Crippen molar-refractivity contribution in [2.75, 3.05) is 13.7 Å². The molecule has 2 heterocycles. The Hall–Kier alpha value is -3.41. The van der Waals surface area contributed by atoms with E-state index in [1.165, 1.54) is 6.42 Å². The maximum Gasteiger partial charge on any atom is 0.241 e. The fourth-order valence-corrected chi connectivity index (χ4v) is 5.76. The van der Waals surface area contributed by atoms with Gasteiger partial charge in [-0.2, -0.15) is 0 Å². The largest absolute Gasteiger partial charge is 0.497 e. The molecular formula is C26H20N2O4. The average molecular weight is 424 g/mol. The minimum atomic E-state index is -0.117. The van der Waals surface area contributed by atoms with Gasteiger partial charge in [0, 0.05) is 11.6 Å². The van der Waals surface area contributed by atoms with Gasteiger partial charge in [-0.3, -0.25) is 14.2 Å². The molecule has 2 saturated carbocycles. The second-order valence-electron chi connectivity index (χ2n) is 8.99. The van der Waals surface area contributed by atoms with Crippen molar-refractivity contribution in [2.45, 2.75) is 6.42 Å². The maximum atomic E-state index is 13.3. The van der Waals surface area contributed by atoms with Crippen molar-refractivity contribution in [2.24, 2.45) is 23.7 Å². The number of hydrogen-bond acceptors (Lipinski definition) is 5. The zero-order chi connectivity index (χ0) is 21.6. The van der Waals surface area contributed by atoms with Crippen molar-refractivity contribution >= 4 is 22.7 Å². The molecule has 0 N–H and O–H groups in total. The average Bonchev–Trinajstić information content (AvgIpc) is 3.50. The molecule has 6 nitrogen and oxygen atoms in total. The van der Waals surface area contributed by atoms with Crippen molar-refractivity contribution in [3.63, 3.8) is 0 Å². The number of rotatable bonds is 5. The molecule has 4 atom stereocenters. The van der Waals surface area contributed by atoms with E-state index in [0.29, 0.717) is 40.3 Å². The van der Waals surface area contributed by atoms with E-state index < -0.39 is 0 Å². The molecular weight excluding hydrogens is 404 g/mol. The van der Waals surface area contributed by atoms with Gasteiger partial charge in [0.05, 0.1) is 30.0 Å². The van der Waals surface area contributed by atoms with Crippen LogP contribution in [-0.2, 0) is 0 Å². The molecule has 3 aromatic rings. The van der Waals surface area contributed by atoms with Gasteiger partial charge < -0.3 is 9.47 Å². The van der Waals surface area contributed by atoms with Crippen LogP contribution >= 0.6 is 0 Å². The number of carbonyl (C=O) groups excluding carboxylic acids is 2. The monoisotopic (exact) mass is 424 g/mol. The van der Waals surface area contributed by atoms with E-state index >= 15 is 0 Å². The molecule has 4 aliphatic carbocycles. The summed E-state index contributed by atoms with van der Waals surface area (Å²) in [5.74, 6) is 6.00. The highest BCUT2D eigenvalue weighted by molar-refractivity contribution is 6.07. The summed E-state index contributed by atoms with van der Waals surface area (Å²) in [6.07, 6.45) is 5.72. The number of methoxy groups -OCH3 is 1. The fourth-order valence-electron chi connectivity index (χ4n) is 5.76. The molecule has 1 aliphatic heterocycles. The summed E-state index contributed by atoms with van der Waals surface area (Å²) in [4.78, 5) is 30.6. The van der Waals surface area contributed by atoms with Gasteiger partial charge in [-0.1, -0.05) is 12.2 Å². The van der Waals surface area contributed by atoms with Crippen molar-refractivity contribution in [1.29, 1.82) is 0 Å². The lowest BCUT2D eigenvalue weighted by Gasteiger charge is -2.37. The van der Waals surface area contributed by atoms with Gasteiger partial charge in [0.2, 0.25) is 5.91 Å². The smallest absolute Gasteiger partial charge is 0.241 e. The first-order valence-corrected chi connectivity index (χ1v) is 10.9. The quantitative estimate of drug-likeness (QED) is 0.459. The number of ketones is 1. The predicted molar refractivity (Wildman–Crippen MR) is 116 cm³/mol. The minimum Gasteiger partial charge on any atom is -0.497 e. The Morgan fingerprint density at radius 3 is 2.50 bits per heavy atom. The summed E-state index contributed by atoms with van der Waals surface area (Å²) in [5, 5.41) is 0. The van der Waals surface area contributed by atoms with Crippen LogP contribution in [-0.4, -0.2) is 35.0 Å². The summed E-state index contributed by atoms with van der Waals surface area (Å²) >= 11 is 0. The van der Waals surface area contributed by atoms with Crippen LogP contribution < -0.4 is 9.47 Å². The standard InChI is InChI=1S/C26H20N2O4/c1-31-14-4-2-13(3-5-14)22(29)12-32-15-6-9-21-20(10-15)27-25-23-16-7-8-17(19-11-18(16)19)24(23)26(30)28(21)25/h2-10,16-19H,11-12H2,1H3/t16-,17+,18?,19?/m1/s1. The van der Waals surface area contributed by atoms with Crippen molar-refractivity contribution < 1.29 is 19.1 Å². The first kappa shape index (κ1) is 18.2. The van der Waals surface area contributed by atoms with Crippen LogP contribution in [0.5, 0.6) is 11.5 Å². The summed E-state index contributed by atoms with van der Waals surface area (Å²) in [6.45, 7) is -0.0722. The molecule has 0 amide bonds. The first-order valence-electron chi connectivity index (χ1n) is 10.9. The molecule has 2 radical (unpaired) electrons. The van der Waals surface area contributed by atoms with E-state index in [9.17, 15) is 9.59 Å². The van der Waals surface area contributed by atoms with E-state index in [2.05, 4.69) is 12.2 Å². The van der Waals surface area contributed by atoms with Gasteiger partial charge in [-0.05, 0) is 66.5 Å². The van der Waals surface area contributed by atoms with Crippen LogP contribution in [0, 0.1) is 35.5 Å². The van der Waals surface area contributed by atoms with Crippen molar-refractivity contribution in [3.8, 4) is 11.5 Å². The normalized spacial score (nSPS) is 27.3. The molecule has 158 valence electrons. The van der Waals surface area contributed by atoms with E-state index in [0.717, 1.165) is 23.2 Å². The summed E-state index contributed by atoms with van der Waals surface area (Å²) in [5.41, 5.74) is 2.07. The highest BCUT2D eigenvalue weighted by atomic mass is 16.5. The molecule has 8 rings (SSSR count). The van der Waals surface area contributed by atoms with Crippen LogP contribution in [0.3, 0.4) is 0 Å². The highest BCUT2D eigenvalue weighted by Crippen LogP contribution is 2.68. The van der Waals surface area contributed by atoms with Crippen LogP contribution in [0.25, 0.3) is 11.0 Å². The number of Topliss-reactive ketones (excluding diaryl/α,β-unsaturated/α-hetero) is 1. The van der Waals surface area contributed by atoms with Gasteiger partial charge in [0.15, 0.2) is 12.4 Å². The van der Waals surface area contributed by atoms with Crippen molar-refractivity contribution in [1.82, 2.24) is 9.55 Å². The second-order valence-corrected chi connectivity index (χ2v) is 8.99. The lowest BCUT2D eigenvalue weighted by atomic mass is 9.63. The van der Waals surface area contributed by atoms with Gasteiger partial charge in [0.1, 0.15) is 17.3 Å². The molecule has 2 aromatic carbocycles. The van der Waals surface area contributed by atoms with Crippen molar-refractivity contribution in [3.05, 3.63) is 77.8 Å². The molecule has 1 aromatic heterocycles. The first-order chi connectivity index (χ1) is 15.6. The van der Waals surface area contributed by atoms with E-state index in [4.69, 9.17) is 14.5 Å². The minimum absolute atomic E-state index is 0.0722. The Balaban J connectivity index is 1.15. The number of fused-ring (bicyclic) bond motifs is 3. The van der Waals surface area contributed by atoms with Gasteiger partial charge in [-0.15, -0.1) is 0 Å². The Bertz CT molecular complexity index is 1320. The Labute approximate surface area is 184 Å². The topological polar surface area (TPSA) is 70.4 Å². The molecule has 0 spiro atoms. The van der Waals surface area contributed by atoms with Gasteiger partial charge in [0.25, 0.3) is 0 Å². The number of nitrogens with zero attached hydrogens (tertiary/aromatic N) is 2. The Kier molecular flexibility index (Phi) is 3.59. The Morgan fingerprint density at radius 1 is 1.03 bits per heavy atom. The third kappa shape index (κ3) is 2.38. The number of hydrogen-bond donors (Lipinski definition) is 0. The highest BCUT2D eigenvalue weighted by Gasteiger charge is 2.65. The molecule has 5 aliphatic rings. The van der Waals surface area contributed by atoms with Crippen LogP contribution in [0.15, 0.2) is 54.6 Å². The fraction of sp³-hybridized carbons (Fsp3) is 0.269.